The number of nitrogens with one attached hydrogen (secondary N) is 1. The van der Waals surface area contributed by atoms with E-state index in [1.165, 1.54) is 0 Å². The average molecular weight is 325 g/mol. The second-order valence-electron chi connectivity index (χ2n) is 5.57. The summed E-state index contributed by atoms with van der Waals surface area (Å²) in [5.41, 5.74) is 0.703. The maximum Gasteiger partial charge on any atom is 0.229 e. The van der Waals surface area contributed by atoms with Crippen molar-refractivity contribution >= 4 is 23.2 Å². The van der Waals surface area contributed by atoms with Crippen LogP contribution in [0.5, 0.6) is 0 Å². The summed E-state index contributed by atoms with van der Waals surface area (Å²) in [6.45, 7) is 4.00. The number of amides is 1. The summed E-state index contributed by atoms with van der Waals surface area (Å²) < 4.78 is 3.47. The Kier molecular flexibility index (Phi) is 5.57. The molecule has 22 heavy (non-hydrogen) atoms. The van der Waals surface area contributed by atoms with Crippen LogP contribution in [0.1, 0.15) is 6.92 Å². The van der Waals surface area contributed by atoms with E-state index in [4.69, 9.17) is 11.6 Å². The number of carbonyl (C=O) groups is 1. The zero-order valence-corrected chi connectivity index (χ0v) is 13.8. The lowest BCUT2D eigenvalue weighted by Crippen LogP contribution is -2.24. The lowest BCUT2D eigenvalue weighted by molar-refractivity contribution is -0.119. The Balaban J connectivity index is 1.85. The fourth-order valence-corrected chi connectivity index (χ4v) is 2.08. The molecule has 1 amide bonds. The number of hydrogen-bond donors (Lipinski definition) is 1. The fraction of sp³-hybridized carbons (Fsp3) is 0.500. The molecule has 0 bridgehead atoms. The third-order valence-electron chi connectivity index (χ3n) is 3.19. The molecule has 0 fully saturated rings. The van der Waals surface area contributed by atoms with Gasteiger partial charge in [-0.05, 0) is 14.1 Å². The molecule has 1 N–H and O–H groups in total. The molecular weight excluding hydrogens is 304 g/mol. The molecule has 2 aromatic heterocycles. The van der Waals surface area contributed by atoms with Gasteiger partial charge in [-0.2, -0.15) is 10.2 Å². The highest BCUT2D eigenvalue weighted by Gasteiger charge is 2.15. The first-order valence-corrected chi connectivity index (χ1v) is 7.48. The molecule has 0 aliphatic carbocycles. The first kappa shape index (κ1) is 16.5. The van der Waals surface area contributed by atoms with Crippen molar-refractivity contribution in [2.75, 3.05) is 26.0 Å². The van der Waals surface area contributed by atoms with Crippen molar-refractivity contribution in [2.45, 2.75) is 20.0 Å². The third kappa shape index (κ3) is 4.85. The van der Waals surface area contributed by atoms with Gasteiger partial charge in [-0.15, -0.1) is 0 Å². The van der Waals surface area contributed by atoms with Gasteiger partial charge in [0.05, 0.1) is 42.1 Å². The molecule has 2 rings (SSSR count). The highest BCUT2D eigenvalue weighted by Crippen LogP contribution is 2.11. The maximum atomic E-state index is 12.2. The molecule has 7 nitrogen and oxygen atoms in total. The van der Waals surface area contributed by atoms with Gasteiger partial charge in [0.25, 0.3) is 0 Å². The monoisotopic (exact) mass is 324 g/mol. The largest absolute Gasteiger partial charge is 0.323 e. The van der Waals surface area contributed by atoms with E-state index < -0.39 is 0 Å². The van der Waals surface area contributed by atoms with Crippen LogP contribution in [0.2, 0.25) is 5.02 Å². The van der Waals surface area contributed by atoms with Crippen molar-refractivity contribution < 1.29 is 4.79 Å². The van der Waals surface area contributed by atoms with Crippen LogP contribution in [0.3, 0.4) is 0 Å². The van der Waals surface area contributed by atoms with Gasteiger partial charge in [-0.25, -0.2) is 0 Å². The van der Waals surface area contributed by atoms with E-state index in [2.05, 4.69) is 20.4 Å². The summed E-state index contributed by atoms with van der Waals surface area (Å²) in [5, 5.41) is 11.7. The summed E-state index contributed by atoms with van der Waals surface area (Å²) in [6.07, 6.45) is 6.75. The molecule has 0 aromatic carbocycles. The van der Waals surface area contributed by atoms with Crippen LogP contribution in [0.15, 0.2) is 24.8 Å². The molecule has 0 saturated carbocycles. The predicted molar refractivity (Wildman–Crippen MR) is 85.8 cm³/mol. The molecule has 2 heterocycles. The number of halogens is 1. The van der Waals surface area contributed by atoms with Crippen LogP contribution in [0.25, 0.3) is 0 Å². The van der Waals surface area contributed by atoms with Gasteiger partial charge in [0.15, 0.2) is 0 Å². The Morgan fingerprint density at radius 1 is 1.32 bits per heavy atom. The van der Waals surface area contributed by atoms with Gasteiger partial charge >= 0.3 is 0 Å². The number of anilines is 1. The summed E-state index contributed by atoms with van der Waals surface area (Å²) >= 11 is 5.81. The van der Waals surface area contributed by atoms with Crippen LogP contribution in [-0.2, 0) is 17.9 Å². The van der Waals surface area contributed by atoms with Crippen LogP contribution >= 0.6 is 11.6 Å². The molecule has 1 unspecified atom stereocenters. The van der Waals surface area contributed by atoms with E-state index in [1.807, 2.05) is 31.9 Å². The summed E-state index contributed by atoms with van der Waals surface area (Å²) in [5.74, 6) is -0.292. The number of aromatic nitrogens is 4. The molecule has 120 valence electrons. The van der Waals surface area contributed by atoms with Crippen molar-refractivity contribution in [3.63, 3.8) is 0 Å². The van der Waals surface area contributed by atoms with Crippen molar-refractivity contribution in [1.82, 2.24) is 24.5 Å². The van der Waals surface area contributed by atoms with Gasteiger partial charge in [-0.1, -0.05) is 18.5 Å². The second-order valence-corrected chi connectivity index (χ2v) is 6.00. The van der Waals surface area contributed by atoms with Gasteiger partial charge in [0, 0.05) is 18.9 Å². The minimum absolute atomic E-state index is 0.0706. The van der Waals surface area contributed by atoms with E-state index in [9.17, 15) is 4.79 Å². The van der Waals surface area contributed by atoms with Crippen LogP contribution in [0, 0.1) is 5.92 Å². The lowest BCUT2D eigenvalue weighted by atomic mass is 10.1. The van der Waals surface area contributed by atoms with E-state index in [-0.39, 0.29) is 11.8 Å². The normalized spacial score (nSPS) is 12.6. The lowest BCUT2D eigenvalue weighted by Gasteiger charge is -2.11. The number of hydrogen-bond acceptors (Lipinski definition) is 4. The molecule has 0 saturated heterocycles. The Morgan fingerprint density at radius 3 is 2.68 bits per heavy atom. The van der Waals surface area contributed by atoms with E-state index >= 15 is 0 Å². The Labute approximate surface area is 134 Å². The van der Waals surface area contributed by atoms with Crippen LogP contribution in [-0.4, -0.2) is 51.0 Å². The van der Waals surface area contributed by atoms with Crippen LogP contribution in [0.4, 0.5) is 5.69 Å². The summed E-state index contributed by atoms with van der Waals surface area (Å²) in [6, 6.07) is 0. The smallest absolute Gasteiger partial charge is 0.229 e. The first-order valence-electron chi connectivity index (χ1n) is 7.10. The number of rotatable bonds is 7. The summed E-state index contributed by atoms with van der Waals surface area (Å²) in [7, 11) is 4.02. The van der Waals surface area contributed by atoms with Crippen LogP contribution < -0.4 is 5.32 Å². The number of likely N-dealkylation sites (N-methyl/N-ethyl adjacent to an activating group) is 1. The van der Waals surface area contributed by atoms with Crippen molar-refractivity contribution in [3.8, 4) is 0 Å². The van der Waals surface area contributed by atoms with Gasteiger partial charge in [0.2, 0.25) is 5.91 Å². The quantitative estimate of drug-likeness (QED) is 0.839. The zero-order valence-electron chi connectivity index (χ0n) is 13.0. The molecule has 1 atom stereocenters. The highest BCUT2D eigenvalue weighted by atomic mass is 35.5. The van der Waals surface area contributed by atoms with Crippen molar-refractivity contribution in [2.24, 2.45) is 5.92 Å². The molecule has 8 heteroatoms. The van der Waals surface area contributed by atoms with Crippen molar-refractivity contribution in [3.05, 3.63) is 29.8 Å². The number of carbonyl (C=O) groups excluding carboxylic acids is 1. The molecular formula is C14H21ClN6O. The van der Waals surface area contributed by atoms with E-state index in [0.717, 1.165) is 13.1 Å². The predicted octanol–water partition coefficient (Wildman–Crippen LogP) is 1.57. The fourth-order valence-electron chi connectivity index (χ4n) is 1.92. The number of nitrogens with zero attached hydrogens (tertiary/aromatic N) is 5. The Bertz CT molecular complexity index is 620. The third-order valence-corrected chi connectivity index (χ3v) is 3.38. The van der Waals surface area contributed by atoms with Gasteiger partial charge in [-0.3, -0.25) is 14.2 Å². The molecule has 0 aliphatic heterocycles. The maximum absolute atomic E-state index is 12.2. The molecule has 0 spiro atoms. The molecule has 0 aliphatic rings. The molecule has 0 radical (unpaired) electrons. The Morgan fingerprint density at radius 2 is 2.05 bits per heavy atom. The summed E-state index contributed by atoms with van der Waals surface area (Å²) in [4.78, 5) is 14.2. The highest BCUT2D eigenvalue weighted by molar-refractivity contribution is 6.30. The van der Waals surface area contributed by atoms with E-state index in [0.29, 0.717) is 17.3 Å². The molecule has 2 aromatic rings. The standard InChI is InChI=1S/C14H21ClN6O/c1-11(8-21-9-12(15)6-16-21)14(22)18-13-7-17-20(10-13)5-4-19(2)3/h6-7,9-11H,4-5,8H2,1-3H3,(H,18,22). The van der Waals surface area contributed by atoms with Gasteiger partial charge < -0.3 is 10.2 Å². The SMILES string of the molecule is CC(Cn1cc(Cl)cn1)C(=O)Nc1cnn(CCN(C)C)c1. The minimum atomic E-state index is -0.221. The zero-order chi connectivity index (χ0) is 16.1. The topological polar surface area (TPSA) is 68.0 Å². The second kappa shape index (κ2) is 7.42. The first-order chi connectivity index (χ1) is 10.4. The van der Waals surface area contributed by atoms with Crippen molar-refractivity contribution in [1.29, 1.82) is 0 Å². The van der Waals surface area contributed by atoms with Gasteiger partial charge in [0.1, 0.15) is 0 Å². The average Bonchev–Trinajstić information content (AvgIpc) is 3.05. The van der Waals surface area contributed by atoms with E-state index in [1.54, 1.807) is 23.3 Å². The Hall–Kier alpha value is -1.86. The minimum Gasteiger partial charge on any atom is -0.323 e.